The SMILES string of the molecule is CCOc1cccc(C(Cc2cccc(OC)c2OC)C(=O)O)c1. The molecule has 1 unspecified atom stereocenters. The van der Waals surface area contributed by atoms with Crippen LogP contribution in [0, 0.1) is 0 Å². The van der Waals surface area contributed by atoms with Crippen molar-refractivity contribution in [2.75, 3.05) is 20.8 Å². The van der Waals surface area contributed by atoms with Crippen molar-refractivity contribution in [1.29, 1.82) is 0 Å². The molecule has 5 heteroatoms. The third kappa shape index (κ3) is 3.98. The van der Waals surface area contributed by atoms with Gasteiger partial charge in [0, 0.05) is 0 Å². The Balaban J connectivity index is 2.36. The molecule has 2 rings (SSSR count). The predicted molar refractivity (Wildman–Crippen MR) is 91.2 cm³/mol. The van der Waals surface area contributed by atoms with E-state index in [-0.39, 0.29) is 0 Å². The Morgan fingerprint density at radius 1 is 1.12 bits per heavy atom. The van der Waals surface area contributed by atoms with Crippen molar-refractivity contribution in [3.8, 4) is 17.2 Å². The molecule has 0 saturated carbocycles. The minimum Gasteiger partial charge on any atom is -0.494 e. The molecule has 1 N–H and O–H groups in total. The molecule has 0 saturated heterocycles. The van der Waals surface area contributed by atoms with Gasteiger partial charge in [-0.2, -0.15) is 0 Å². The van der Waals surface area contributed by atoms with Gasteiger partial charge < -0.3 is 19.3 Å². The van der Waals surface area contributed by atoms with Gasteiger partial charge in [-0.25, -0.2) is 0 Å². The smallest absolute Gasteiger partial charge is 0.311 e. The zero-order valence-electron chi connectivity index (χ0n) is 14.1. The number of aliphatic carboxylic acids is 1. The van der Waals surface area contributed by atoms with Gasteiger partial charge in [0.1, 0.15) is 5.75 Å². The second-order valence-corrected chi connectivity index (χ2v) is 5.25. The molecule has 2 aromatic rings. The van der Waals surface area contributed by atoms with Crippen LogP contribution in [0.3, 0.4) is 0 Å². The number of ether oxygens (including phenoxy) is 3. The molecule has 0 amide bonds. The van der Waals surface area contributed by atoms with E-state index in [1.165, 1.54) is 0 Å². The van der Waals surface area contributed by atoms with Gasteiger partial charge in [-0.15, -0.1) is 0 Å². The minimum absolute atomic E-state index is 0.297. The summed E-state index contributed by atoms with van der Waals surface area (Å²) < 4.78 is 16.2. The van der Waals surface area contributed by atoms with Crippen molar-refractivity contribution in [2.45, 2.75) is 19.3 Å². The molecular weight excluding hydrogens is 308 g/mol. The quantitative estimate of drug-likeness (QED) is 0.802. The van der Waals surface area contributed by atoms with Gasteiger partial charge in [-0.05, 0) is 42.7 Å². The van der Waals surface area contributed by atoms with Crippen molar-refractivity contribution in [3.05, 3.63) is 53.6 Å². The molecule has 2 aromatic carbocycles. The molecule has 0 bridgehead atoms. The number of carboxylic acids is 1. The zero-order chi connectivity index (χ0) is 17.5. The van der Waals surface area contributed by atoms with Crippen LogP contribution in [0.25, 0.3) is 0 Å². The Morgan fingerprint density at radius 3 is 2.50 bits per heavy atom. The molecule has 0 aliphatic rings. The molecule has 0 spiro atoms. The number of carbonyl (C=O) groups is 1. The average molecular weight is 330 g/mol. The van der Waals surface area contributed by atoms with Crippen molar-refractivity contribution < 1.29 is 24.1 Å². The van der Waals surface area contributed by atoms with Crippen LogP contribution in [0.5, 0.6) is 17.2 Å². The highest BCUT2D eigenvalue weighted by atomic mass is 16.5. The third-order valence-electron chi connectivity index (χ3n) is 3.78. The highest BCUT2D eigenvalue weighted by molar-refractivity contribution is 5.77. The maximum atomic E-state index is 11.8. The lowest BCUT2D eigenvalue weighted by Crippen LogP contribution is -2.15. The summed E-state index contributed by atoms with van der Waals surface area (Å²) in [6.07, 6.45) is 0.297. The number of methoxy groups -OCH3 is 2. The molecule has 24 heavy (non-hydrogen) atoms. The normalized spacial score (nSPS) is 11.6. The number of hydrogen-bond acceptors (Lipinski definition) is 4. The van der Waals surface area contributed by atoms with E-state index in [0.29, 0.717) is 35.8 Å². The van der Waals surface area contributed by atoms with E-state index in [1.54, 1.807) is 38.5 Å². The van der Waals surface area contributed by atoms with E-state index in [2.05, 4.69) is 0 Å². The van der Waals surface area contributed by atoms with E-state index in [1.807, 2.05) is 25.1 Å². The lowest BCUT2D eigenvalue weighted by molar-refractivity contribution is -0.138. The van der Waals surface area contributed by atoms with Gasteiger partial charge in [0.2, 0.25) is 0 Å². The third-order valence-corrected chi connectivity index (χ3v) is 3.78. The van der Waals surface area contributed by atoms with Gasteiger partial charge in [0.05, 0.1) is 26.7 Å². The van der Waals surface area contributed by atoms with Crippen molar-refractivity contribution in [2.24, 2.45) is 0 Å². The lowest BCUT2D eigenvalue weighted by Gasteiger charge is -2.17. The van der Waals surface area contributed by atoms with E-state index >= 15 is 0 Å². The highest BCUT2D eigenvalue weighted by Gasteiger charge is 2.23. The fraction of sp³-hybridized carbons (Fsp3) is 0.316. The van der Waals surface area contributed by atoms with Crippen LogP contribution in [0.15, 0.2) is 42.5 Å². The van der Waals surface area contributed by atoms with Crippen molar-refractivity contribution in [3.63, 3.8) is 0 Å². The summed E-state index contributed by atoms with van der Waals surface area (Å²) in [5, 5.41) is 9.69. The van der Waals surface area contributed by atoms with E-state index in [9.17, 15) is 9.90 Å². The lowest BCUT2D eigenvalue weighted by atomic mass is 9.91. The number of benzene rings is 2. The zero-order valence-corrected chi connectivity index (χ0v) is 14.1. The molecule has 0 radical (unpaired) electrons. The van der Waals surface area contributed by atoms with Crippen LogP contribution in [0.2, 0.25) is 0 Å². The fourth-order valence-electron chi connectivity index (χ4n) is 2.67. The first kappa shape index (κ1) is 17.7. The minimum atomic E-state index is -0.895. The molecular formula is C19H22O5. The van der Waals surface area contributed by atoms with E-state index in [4.69, 9.17) is 14.2 Å². The van der Waals surface area contributed by atoms with E-state index in [0.717, 1.165) is 5.56 Å². The Morgan fingerprint density at radius 2 is 1.88 bits per heavy atom. The summed E-state index contributed by atoms with van der Waals surface area (Å²) >= 11 is 0. The molecule has 0 aromatic heterocycles. The van der Waals surface area contributed by atoms with Crippen LogP contribution in [-0.4, -0.2) is 31.9 Å². The average Bonchev–Trinajstić information content (AvgIpc) is 2.59. The molecule has 0 heterocycles. The first-order chi connectivity index (χ1) is 11.6. The Labute approximate surface area is 141 Å². The predicted octanol–water partition coefficient (Wildman–Crippen LogP) is 3.51. The monoisotopic (exact) mass is 330 g/mol. The fourth-order valence-corrected chi connectivity index (χ4v) is 2.67. The summed E-state index contributed by atoms with van der Waals surface area (Å²) in [6, 6.07) is 12.7. The summed E-state index contributed by atoms with van der Waals surface area (Å²) in [5.41, 5.74) is 1.48. The highest BCUT2D eigenvalue weighted by Crippen LogP contribution is 2.34. The number of carboxylic acid groups (broad SMARTS) is 1. The van der Waals surface area contributed by atoms with Gasteiger partial charge >= 0.3 is 5.97 Å². The Bertz CT molecular complexity index is 696. The topological polar surface area (TPSA) is 65.0 Å². The summed E-state index contributed by atoms with van der Waals surface area (Å²) in [6.45, 7) is 2.42. The number of para-hydroxylation sites is 1. The van der Waals surface area contributed by atoms with Crippen molar-refractivity contribution >= 4 is 5.97 Å². The summed E-state index contributed by atoms with van der Waals surface area (Å²) in [5.74, 6) is 0.216. The number of hydrogen-bond donors (Lipinski definition) is 1. The Hall–Kier alpha value is -2.69. The Kier molecular flexibility index (Phi) is 6.07. The van der Waals surface area contributed by atoms with Gasteiger partial charge in [-0.1, -0.05) is 24.3 Å². The standard InChI is InChI=1S/C19H22O5/c1-4-24-15-9-5-7-13(11-15)16(19(20)21)12-14-8-6-10-17(22-2)18(14)23-3/h5-11,16H,4,12H2,1-3H3,(H,20,21). The first-order valence-electron chi connectivity index (χ1n) is 7.76. The maximum absolute atomic E-state index is 11.8. The molecule has 0 aliphatic heterocycles. The number of rotatable bonds is 8. The molecule has 0 fully saturated rings. The second-order valence-electron chi connectivity index (χ2n) is 5.25. The van der Waals surface area contributed by atoms with Gasteiger partial charge in [0.25, 0.3) is 0 Å². The molecule has 5 nitrogen and oxygen atoms in total. The van der Waals surface area contributed by atoms with Crippen LogP contribution in [-0.2, 0) is 11.2 Å². The van der Waals surface area contributed by atoms with E-state index < -0.39 is 11.9 Å². The largest absolute Gasteiger partial charge is 0.494 e. The summed E-state index contributed by atoms with van der Waals surface area (Å²) in [7, 11) is 3.11. The van der Waals surface area contributed by atoms with Crippen LogP contribution >= 0.6 is 0 Å². The maximum Gasteiger partial charge on any atom is 0.311 e. The van der Waals surface area contributed by atoms with Gasteiger partial charge in [-0.3, -0.25) is 4.79 Å². The van der Waals surface area contributed by atoms with Crippen LogP contribution < -0.4 is 14.2 Å². The van der Waals surface area contributed by atoms with Crippen molar-refractivity contribution in [1.82, 2.24) is 0 Å². The second kappa shape index (κ2) is 8.24. The van der Waals surface area contributed by atoms with Crippen LogP contribution in [0.1, 0.15) is 24.0 Å². The van der Waals surface area contributed by atoms with Gasteiger partial charge in [0.15, 0.2) is 11.5 Å². The molecule has 0 aliphatic carbocycles. The molecule has 128 valence electrons. The molecule has 1 atom stereocenters. The first-order valence-corrected chi connectivity index (χ1v) is 7.76. The summed E-state index contributed by atoms with van der Waals surface area (Å²) in [4.78, 5) is 11.8. The van der Waals surface area contributed by atoms with Crippen LogP contribution in [0.4, 0.5) is 0 Å².